The second-order valence-corrected chi connectivity index (χ2v) is 9.74. The minimum absolute atomic E-state index is 0.0915. The van der Waals surface area contributed by atoms with E-state index in [-0.39, 0.29) is 23.6 Å². The molecule has 3 aromatic carbocycles. The zero-order valence-corrected chi connectivity index (χ0v) is 21.4. The van der Waals surface area contributed by atoms with Crippen molar-refractivity contribution < 1.29 is 13.9 Å². The highest BCUT2D eigenvalue weighted by molar-refractivity contribution is 6.31. The van der Waals surface area contributed by atoms with E-state index in [1.165, 1.54) is 0 Å². The number of fused-ring (bicyclic) bond motifs is 2. The van der Waals surface area contributed by atoms with E-state index >= 15 is 0 Å². The molecule has 0 saturated carbocycles. The fourth-order valence-corrected chi connectivity index (χ4v) is 5.10. The normalized spacial score (nSPS) is 14.9. The number of amides is 1. The summed E-state index contributed by atoms with van der Waals surface area (Å²) in [5.41, 5.74) is 4.00. The molecule has 0 fully saturated rings. The largest absolute Gasteiger partial charge is 0.494 e. The molecule has 0 saturated heterocycles. The van der Waals surface area contributed by atoms with Gasteiger partial charge in [0.25, 0.3) is 5.91 Å². The van der Waals surface area contributed by atoms with Gasteiger partial charge in [-0.2, -0.15) is 0 Å². The van der Waals surface area contributed by atoms with Crippen LogP contribution in [0, 0.1) is 13.8 Å². The second-order valence-electron chi connectivity index (χ2n) is 9.33. The molecule has 1 aromatic heterocycles. The maximum atomic E-state index is 13.9. The lowest BCUT2D eigenvalue weighted by Crippen LogP contribution is -2.29. The molecule has 0 radical (unpaired) electrons. The number of hydrogen-bond acceptors (Lipinski definition) is 4. The highest BCUT2D eigenvalue weighted by atomic mass is 35.5. The summed E-state index contributed by atoms with van der Waals surface area (Å²) >= 11 is 6.46. The van der Waals surface area contributed by atoms with Gasteiger partial charge in [-0.05, 0) is 66.8 Å². The number of benzene rings is 3. The lowest BCUT2D eigenvalue weighted by molar-refractivity contribution is 0.0714. The third kappa shape index (κ3) is 4.28. The zero-order chi connectivity index (χ0) is 25.4. The Balaban J connectivity index is 1.69. The van der Waals surface area contributed by atoms with E-state index in [1.54, 1.807) is 11.0 Å². The Bertz CT molecular complexity index is 1520. The number of aryl methyl sites for hydroxylation is 2. The molecule has 1 aliphatic rings. The molecule has 6 heteroatoms. The Morgan fingerprint density at radius 2 is 1.83 bits per heavy atom. The molecular weight excluding hydrogens is 474 g/mol. The fourth-order valence-electron chi connectivity index (χ4n) is 4.90. The summed E-state index contributed by atoms with van der Waals surface area (Å²) in [4.78, 5) is 29.4. The van der Waals surface area contributed by atoms with Crippen LogP contribution in [0.1, 0.15) is 64.2 Å². The van der Waals surface area contributed by atoms with Crippen LogP contribution in [-0.4, -0.2) is 17.4 Å². The number of hydrogen-bond donors (Lipinski definition) is 0. The van der Waals surface area contributed by atoms with E-state index in [1.807, 2.05) is 68.4 Å². The molecule has 1 atom stereocenters. The Kier molecular flexibility index (Phi) is 6.59. The molecule has 1 unspecified atom stereocenters. The molecule has 184 valence electrons. The monoisotopic (exact) mass is 501 g/mol. The molecule has 0 bridgehead atoms. The molecule has 0 N–H and O–H groups in total. The van der Waals surface area contributed by atoms with Crippen LogP contribution in [0.4, 0.5) is 0 Å². The van der Waals surface area contributed by atoms with Gasteiger partial charge in [-0.25, -0.2) is 0 Å². The first kappa shape index (κ1) is 24.1. The molecule has 0 spiro atoms. The van der Waals surface area contributed by atoms with Crippen LogP contribution in [0.25, 0.3) is 11.0 Å². The van der Waals surface area contributed by atoms with Crippen molar-refractivity contribution >= 4 is 28.5 Å². The first-order valence-corrected chi connectivity index (χ1v) is 12.6. The van der Waals surface area contributed by atoms with Gasteiger partial charge in [-0.15, -0.1) is 0 Å². The highest BCUT2D eigenvalue weighted by Crippen LogP contribution is 2.41. The topological polar surface area (TPSA) is 59.8 Å². The quantitative estimate of drug-likeness (QED) is 0.256. The predicted molar refractivity (Wildman–Crippen MR) is 142 cm³/mol. The number of ether oxygens (including phenoxy) is 1. The van der Waals surface area contributed by atoms with E-state index < -0.39 is 6.04 Å². The van der Waals surface area contributed by atoms with Crippen molar-refractivity contribution in [3.05, 3.63) is 109 Å². The average molecular weight is 502 g/mol. The molecule has 1 aliphatic heterocycles. The van der Waals surface area contributed by atoms with Crippen LogP contribution in [0.2, 0.25) is 5.02 Å². The van der Waals surface area contributed by atoms with Gasteiger partial charge < -0.3 is 14.1 Å². The van der Waals surface area contributed by atoms with Crippen molar-refractivity contribution in [1.82, 2.24) is 4.90 Å². The van der Waals surface area contributed by atoms with E-state index in [0.717, 1.165) is 35.1 Å². The molecular formula is C30H28ClNO4. The Morgan fingerprint density at radius 3 is 2.61 bits per heavy atom. The minimum Gasteiger partial charge on any atom is -0.494 e. The van der Waals surface area contributed by atoms with Crippen LogP contribution in [0.5, 0.6) is 5.75 Å². The van der Waals surface area contributed by atoms with Crippen LogP contribution >= 0.6 is 11.6 Å². The van der Waals surface area contributed by atoms with Gasteiger partial charge in [0, 0.05) is 11.6 Å². The van der Waals surface area contributed by atoms with Crippen LogP contribution in [-0.2, 0) is 6.54 Å². The van der Waals surface area contributed by atoms with Gasteiger partial charge in [0.1, 0.15) is 11.3 Å². The number of carbonyl (C=O) groups is 1. The van der Waals surface area contributed by atoms with E-state index in [4.69, 9.17) is 20.8 Å². The number of unbranched alkanes of at least 4 members (excludes halogenated alkanes) is 1. The van der Waals surface area contributed by atoms with E-state index in [2.05, 4.69) is 6.92 Å². The summed E-state index contributed by atoms with van der Waals surface area (Å²) in [5.74, 6) is 0.469. The third-order valence-electron chi connectivity index (χ3n) is 6.64. The average Bonchev–Trinajstić information content (AvgIpc) is 3.13. The first-order chi connectivity index (χ1) is 17.4. The van der Waals surface area contributed by atoms with Gasteiger partial charge in [-0.1, -0.05) is 61.3 Å². The van der Waals surface area contributed by atoms with E-state index in [9.17, 15) is 9.59 Å². The second kappa shape index (κ2) is 9.82. The standard InChI is InChI=1S/C30H28ClNO4/c1-4-5-13-35-22-11-8-10-20(16-22)26-25-27(33)23-15-18(2)14-19(3)28(23)36-29(25)30(34)32(26)17-21-9-6-7-12-24(21)31/h6-12,14-16,26H,4-5,13,17H2,1-3H3. The molecule has 1 amide bonds. The van der Waals surface area contributed by atoms with Gasteiger partial charge >= 0.3 is 0 Å². The number of rotatable bonds is 7. The smallest absolute Gasteiger partial charge is 0.291 e. The number of halogens is 1. The minimum atomic E-state index is -0.625. The molecule has 5 nitrogen and oxygen atoms in total. The summed E-state index contributed by atoms with van der Waals surface area (Å²) in [5, 5.41) is 1.05. The predicted octanol–water partition coefficient (Wildman–Crippen LogP) is 6.99. The van der Waals surface area contributed by atoms with Crippen molar-refractivity contribution in [1.29, 1.82) is 0 Å². The zero-order valence-electron chi connectivity index (χ0n) is 20.6. The fraction of sp³-hybridized carbons (Fsp3) is 0.267. The first-order valence-electron chi connectivity index (χ1n) is 12.2. The Morgan fingerprint density at radius 1 is 1.03 bits per heavy atom. The van der Waals surface area contributed by atoms with Gasteiger partial charge in [0.05, 0.1) is 23.6 Å². The number of nitrogens with zero attached hydrogens (tertiary/aromatic N) is 1. The maximum Gasteiger partial charge on any atom is 0.291 e. The van der Waals surface area contributed by atoms with Crippen LogP contribution in [0.3, 0.4) is 0 Å². The van der Waals surface area contributed by atoms with Crippen molar-refractivity contribution in [2.45, 2.75) is 46.2 Å². The van der Waals surface area contributed by atoms with Crippen molar-refractivity contribution in [2.24, 2.45) is 0 Å². The summed E-state index contributed by atoms with van der Waals surface area (Å²) in [7, 11) is 0. The number of carbonyl (C=O) groups excluding carboxylic acids is 1. The van der Waals surface area contributed by atoms with Crippen LogP contribution in [0.15, 0.2) is 69.9 Å². The lowest BCUT2D eigenvalue weighted by Gasteiger charge is -2.26. The van der Waals surface area contributed by atoms with Gasteiger partial charge in [0.15, 0.2) is 5.43 Å². The third-order valence-corrected chi connectivity index (χ3v) is 7.00. The molecule has 0 aliphatic carbocycles. The van der Waals surface area contributed by atoms with Crippen molar-refractivity contribution in [3.8, 4) is 5.75 Å². The van der Waals surface area contributed by atoms with Crippen molar-refractivity contribution in [3.63, 3.8) is 0 Å². The Labute approximate surface area is 215 Å². The van der Waals surface area contributed by atoms with Crippen molar-refractivity contribution in [2.75, 3.05) is 6.61 Å². The Hall–Kier alpha value is -3.57. The summed E-state index contributed by atoms with van der Waals surface area (Å²) < 4.78 is 12.1. The van der Waals surface area contributed by atoms with Crippen LogP contribution < -0.4 is 10.2 Å². The molecule has 4 aromatic rings. The summed E-state index contributed by atoms with van der Waals surface area (Å²) in [6.07, 6.45) is 1.98. The highest BCUT2D eigenvalue weighted by Gasteiger charge is 2.43. The molecule has 5 rings (SSSR count). The van der Waals surface area contributed by atoms with Gasteiger partial charge in [0.2, 0.25) is 5.76 Å². The lowest BCUT2D eigenvalue weighted by atomic mass is 9.97. The SMILES string of the molecule is CCCCOc1cccc(C2c3c(oc4c(C)cc(C)cc4c3=O)C(=O)N2Cc2ccccc2Cl)c1. The van der Waals surface area contributed by atoms with E-state index in [0.29, 0.717) is 33.9 Å². The summed E-state index contributed by atoms with van der Waals surface area (Å²) in [6, 6.07) is 18.2. The molecule has 36 heavy (non-hydrogen) atoms. The maximum absolute atomic E-state index is 13.9. The molecule has 2 heterocycles. The van der Waals surface area contributed by atoms with Gasteiger partial charge in [-0.3, -0.25) is 9.59 Å². The summed E-state index contributed by atoms with van der Waals surface area (Å²) in [6.45, 7) is 6.79.